The lowest BCUT2D eigenvalue weighted by molar-refractivity contribution is -0.146. The van der Waals surface area contributed by atoms with E-state index in [4.69, 9.17) is 0 Å². The van der Waals surface area contributed by atoms with Gasteiger partial charge in [0, 0.05) is 0 Å². The standard InChI is InChI=1S/C80H156O3/c1-3-5-7-9-11-13-15-17-19-21-22-23-24-26-34-40-46-52-58-64-70-78(80(82)83)79(81)71-65-59-53-47-41-35-28-27-31-37-43-49-55-61-67-75-73-77(75)69-63-57-51-45-39-33-29-32-38-44-50-56-62-68-76-72-74(76)66-60-54-48-42-36-30-25-20-18-16-14-12-10-8-6-4-2/h74-79,81H,3-73H2,1-2H3,(H,82,83)/t74-,75-,76-,77-,78-,79+/m0/s1. The largest absolute Gasteiger partial charge is 0.481 e. The zero-order valence-corrected chi connectivity index (χ0v) is 57.5. The molecule has 2 aliphatic rings. The van der Waals surface area contributed by atoms with Crippen LogP contribution in [0.3, 0.4) is 0 Å². The Bertz CT molecular complexity index is 1260. The average Bonchev–Trinajstić information content (AvgIpc) is 4.58. The Balaban J connectivity index is 1.18. The van der Waals surface area contributed by atoms with Gasteiger partial charge in [-0.2, -0.15) is 0 Å². The second kappa shape index (κ2) is 63.0. The normalized spacial score (nSPS) is 17.4. The first-order valence-electron chi connectivity index (χ1n) is 40.0. The molecule has 0 bridgehead atoms. The number of hydrogen-bond donors (Lipinski definition) is 2. The van der Waals surface area contributed by atoms with Crippen LogP contribution in [-0.4, -0.2) is 22.3 Å². The first kappa shape index (κ1) is 78.5. The van der Waals surface area contributed by atoms with Gasteiger partial charge in [0.15, 0.2) is 0 Å². The van der Waals surface area contributed by atoms with E-state index < -0.39 is 18.0 Å². The van der Waals surface area contributed by atoms with Crippen LogP contribution in [0.1, 0.15) is 470 Å². The molecule has 0 unspecified atom stereocenters. The highest BCUT2D eigenvalue weighted by molar-refractivity contribution is 5.70. The van der Waals surface area contributed by atoms with Crippen LogP contribution in [0.15, 0.2) is 0 Å². The quantitative estimate of drug-likeness (QED) is 0.0597. The molecule has 0 aromatic carbocycles. The predicted molar refractivity (Wildman–Crippen MR) is 370 cm³/mol. The molecule has 3 heteroatoms. The summed E-state index contributed by atoms with van der Waals surface area (Å²) in [7, 11) is 0. The van der Waals surface area contributed by atoms with Gasteiger partial charge in [0.1, 0.15) is 0 Å². The molecule has 6 atom stereocenters. The van der Waals surface area contributed by atoms with Crippen molar-refractivity contribution in [1.82, 2.24) is 0 Å². The van der Waals surface area contributed by atoms with Gasteiger partial charge in [-0.15, -0.1) is 0 Å². The van der Waals surface area contributed by atoms with Crippen molar-refractivity contribution in [1.29, 1.82) is 0 Å². The lowest BCUT2D eigenvalue weighted by Crippen LogP contribution is -2.28. The zero-order chi connectivity index (χ0) is 59.2. The molecule has 0 aliphatic heterocycles. The molecule has 2 saturated carbocycles. The van der Waals surface area contributed by atoms with Gasteiger partial charge in [0.25, 0.3) is 0 Å². The Morgan fingerprint density at radius 3 is 0.590 bits per heavy atom. The van der Waals surface area contributed by atoms with E-state index in [2.05, 4.69) is 13.8 Å². The van der Waals surface area contributed by atoms with Crippen LogP contribution >= 0.6 is 0 Å². The Labute approximate surface area is 523 Å². The van der Waals surface area contributed by atoms with Crippen molar-refractivity contribution < 1.29 is 15.0 Å². The van der Waals surface area contributed by atoms with Crippen molar-refractivity contribution in [2.45, 2.75) is 476 Å². The third-order valence-corrected chi connectivity index (χ3v) is 21.2. The van der Waals surface area contributed by atoms with Crippen LogP contribution in [0.5, 0.6) is 0 Å². The third-order valence-electron chi connectivity index (χ3n) is 21.2. The second-order valence-electron chi connectivity index (χ2n) is 29.3. The maximum atomic E-state index is 12.0. The summed E-state index contributed by atoms with van der Waals surface area (Å²) in [5, 5.41) is 20.5. The number of carboxylic acids is 1. The number of unbranched alkanes of at least 4 members (excludes halogenated alkanes) is 59. The molecule has 0 amide bonds. The van der Waals surface area contributed by atoms with Gasteiger partial charge in [-0.1, -0.05) is 444 Å². The molecule has 0 heterocycles. The van der Waals surface area contributed by atoms with Crippen molar-refractivity contribution in [3.63, 3.8) is 0 Å². The molecule has 0 aromatic rings. The van der Waals surface area contributed by atoms with Crippen molar-refractivity contribution in [3.05, 3.63) is 0 Å². The maximum absolute atomic E-state index is 12.0. The van der Waals surface area contributed by atoms with Crippen LogP contribution in [0.2, 0.25) is 0 Å². The van der Waals surface area contributed by atoms with E-state index in [9.17, 15) is 15.0 Å². The summed E-state index contributed by atoms with van der Waals surface area (Å²) in [5.74, 6) is 3.04. The van der Waals surface area contributed by atoms with Gasteiger partial charge in [-0.25, -0.2) is 0 Å². The number of carboxylic acid groups (broad SMARTS) is 1. The van der Waals surface area contributed by atoms with E-state index in [0.717, 1.165) is 49.4 Å². The molecular formula is C80H156O3. The molecule has 83 heavy (non-hydrogen) atoms. The summed E-state index contributed by atoms with van der Waals surface area (Å²) < 4.78 is 0. The summed E-state index contributed by atoms with van der Waals surface area (Å²) in [6.07, 6.45) is 99.0. The van der Waals surface area contributed by atoms with Crippen LogP contribution in [0, 0.1) is 29.6 Å². The first-order valence-corrected chi connectivity index (χ1v) is 40.0. The zero-order valence-electron chi connectivity index (χ0n) is 57.5. The minimum atomic E-state index is -0.797. The molecule has 2 fully saturated rings. The molecule has 0 radical (unpaired) electrons. The number of carbonyl (C=O) groups is 1. The van der Waals surface area contributed by atoms with Crippen molar-refractivity contribution in [2.75, 3.05) is 0 Å². The topological polar surface area (TPSA) is 57.5 Å². The van der Waals surface area contributed by atoms with E-state index in [0.29, 0.717) is 12.8 Å². The molecule has 2 N–H and O–H groups in total. The molecule has 3 nitrogen and oxygen atoms in total. The molecule has 0 saturated heterocycles. The minimum absolute atomic E-state index is 0.580. The summed E-state index contributed by atoms with van der Waals surface area (Å²) in [6.45, 7) is 4.61. The Hall–Kier alpha value is -0.570. The van der Waals surface area contributed by atoms with Crippen LogP contribution in [-0.2, 0) is 4.79 Å². The van der Waals surface area contributed by atoms with Crippen molar-refractivity contribution in [3.8, 4) is 0 Å². The molecule has 494 valence electrons. The smallest absolute Gasteiger partial charge is 0.309 e. The molecule has 0 spiro atoms. The summed E-state index contributed by atoms with van der Waals surface area (Å²) in [5.41, 5.74) is 0. The average molecular weight is 1170 g/mol. The highest BCUT2D eigenvalue weighted by Crippen LogP contribution is 2.47. The number of aliphatic carboxylic acids is 1. The van der Waals surface area contributed by atoms with Gasteiger partial charge in [0.2, 0.25) is 0 Å². The van der Waals surface area contributed by atoms with Crippen LogP contribution < -0.4 is 0 Å². The maximum Gasteiger partial charge on any atom is 0.309 e. The lowest BCUT2D eigenvalue weighted by atomic mass is 9.91. The fourth-order valence-corrected chi connectivity index (χ4v) is 14.9. The van der Waals surface area contributed by atoms with E-state index in [1.807, 2.05) is 0 Å². The van der Waals surface area contributed by atoms with Crippen LogP contribution in [0.4, 0.5) is 0 Å². The van der Waals surface area contributed by atoms with Gasteiger partial charge < -0.3 is 10.2 Å². The lowest BCUT2D eigenvalue weighted by Gasteiger charge is -2.19. The van der Waals surface area contributed by atoms with Gasteiger partial charge in [-0.3, -0.25) is 4.79 Å². The van der Waals surface area contributed by atoms with Crippen molar-refractivity contribution in [2.24, 2.45) is 29.6 Å². The number of aliphatic hydroxyl groups excluding tert-OH is 1. The summed E-state index contributed by atoms with van der Waals surface area (Å²) in [4.78, 5) is 12.0. The number of hydrogen-bond acceptors (Lipinski definition) is 2. The summed E-state index contributed by atoms with van der Waals surface area (Å²) >= 11 is 0. The first-order chi connectivity index (χ1) is 41.1. The number of aliphatic hydroxyl groups is 1. The summed E-state index contributed by atoms with van der Waals surface area (Å²) in [6, 6.07) is 0. The Kier molecular flexibility index (Phi) is 59.6. The van der Waals surface area contributed by atoms with E-state index in [1.165, 1.54) is 392 Å². The SMILES string of the molecule is CCCCCCCCCCCCCCCCCCCCCC[C@H](C(=O)O)[C@H](O)CCCCCCCCCCCCCCCC[C@H]1C[C@@H]1CCCCCCCCCCCCCCC[C@H]1C[C@@H]1CCCCCCCCCCCCCCCCCC. The Morgan fingerprint density at radius 1 is 0.253 bits per heavy atom. The minimum Gasteiger partial charge on any atom is -0.481 e. The van der Waals surface area contributed by atoms with Crippen LogP contribution in [0.25, 0.3) is 0 Å². The van der Waals surface area contributed by atoms with Gasteiger partial charge in [-0.05, 0) is 49.4 Å². The van der Waals surface area contributed by atoms with Crippen molar-refractivity contribution >= 4 is 5.97 Å². The second-order valence-corrected chi connectivity index (χ2v) is 29.3. The van der Waals surface area contributed by atoms with E-state index in [-0.39, 0.29) is 0 Å². The molecule has 2 aliphatic carbocycles. The molecular weight excluding hydrogens is 1010 g/mol. The predicted octanol–water partition coefficient (Wildman–Crippen LogP) is 28.3. The van der Waals surface area contributed by atoms with Gasteiger partial charge in [0.05, 0.1) is 12.0 Å². The molecule has 2 rings (SSSR count). The number of rotatable bonds is 73. The van der Waals surface area contributed by atoms with Gasteiger partial charge >= 0.3 is 5.97 Å². The van der Waals surface area contributed by atoms with E-state index in [1.54, 1.807) is 25.7 Å². The fourth-order valence-electron chi connectivity index (χ4n) is 14.9. The fraction of sp³-hybridized carbons (Fsp3) is 0.988. The molecule has 0 aromatic heterocycles. The highest BCUT2D eigenvalue weighted by Gasteiger charge is 2.36. The monoisotopic (exact) mass is 1170 g/mol. The highest BCUT2D eigenvalue weighted by atomic mass is 16.4. The third kappa shape index (κ3) is 55.2. The Morgan fingerprint density at radius 2 is 0.410 bits per heavy atom. The van der Waals surface area contributed by atoms with E-state index >= 15 is 0 Å².